The van der Waals surface area contributed by atoms with E-state index < -0.39 is 0 Å². The minimum absolute atomic E-state index is 0.163. The fourth-order valence-corrected chi connectivity index (χ4v) is 2.29. The Morgan fingerprint density at radius 3 is 2.43 bits per heavy atom. The van der Waals surface area contributed by atoms with E-state index in [2.05, 4.69) is 46.5 Å². The van der Waals surface area contributed by atoms with Crippen molar-refractivity contribution in [3.8, 4) is 5.88 Å². The van der Waals surface area contributed by atoms with E-state index in [1.165, 1.54) is 0 Å². The molecule has 1 fully saturated rings. The number of hydrogen-bond acceptors (Lipinski definition) is 4. The van der Waals surface area contributed by atoms with Gasteiger partial charge in [-0.25, -0.2) is 4.98 Å². The summed E-state index contributed by atoms with van der Waals surface area (Å²) in [6.07, 6.45) is 4.02. The molecule has 2 rings (SSSR count). The third kappa shape index (κ3) is 3.58. The molecule has 4 nitrogen and oxygen atoms in total. The van der Waals surface area contributed by atoms with Gasteiger partial charge < -0.3 is 14.0 Å². The molecule has 0 spiro atoms. The molecule has 0 radical (unpaired) electrons. The van der Waals surface area contributed by atoms with E-state index in [0.29, 0.717) is 5.88 Å². The summed E-state index contributed by atoms with van der Waals surface area (Å²) in [4.78, 5) is 4.27. The highest BCUT2D eigenvalue weighted by Gasteiger charge is 2.51. The zero-order valence-corrected chi connectivity index (χ0v) is 14.0. The van der Waals surface area contributed by atoms with E-state index in [0.717, 1.165) is 18.3 Å². The van der Waals surface area contributed by atoms with Crippen LogP contribution in [0.2, 0.25) is 0 Å². The fourth-order valence-electron chi connectivity index (χ4n) is 2.29. The molecule has 1 unspecified atom stereocenters. The lowest BCUT2D eigenvalue weighted by Crippen LogP contribution is -2.41. The Morgan fingerprint density at radius 2 is 1.86 bits per heavy atom. The van der Waals surface area contributed by atoms with E-state index >= 15 is 0 Å². The molecule has 0 N–H and O–H groups in total. The topological polar surface area (TPSA) is 40.6 Å². The summed E-state index contributed by atoms with van der Waals surface area (Å²) in [6, 6.07) is 3.83. The maximum Gasteiger partial charge on any atom is 0.495 e. The molecule has 1 aromatic heterocycles. The maximum absolute atomic E-state index is 6.05. The summed E-state index contributed by atoms with van der Waals surface area (Å²) in [5, 5.41) is 0. The van der Waals surface area contributed by atoms with Gasteiger partial charge in [0.2, 0.25) is 5.88 Å². The molecule has 0 saturated carbocycles. The van der Waals surface area contributed by atoms with Gasteiger partial charge in [0.15, 0.2) is 0 Å². The van der Waals surface area contributed by atoms with Crippen LogP contribution in [0.25, 0.3) is 0 Å². The summed E-state index contributed by atoms with van der Waals surface area (Å²) in [6.45, 7) is 12.4. The Balaban J connectivity index is 2.12. The van der Waals surface area contributed by atoms with Crippen LogP contribution in [0.1, 0.15) is 54.4 Å². The number of rotatable bonds is 5. The molecule has 0 aromatic carbocycles. The normalized spacial score (nSPS) is 21.3. The first-order valence-corrected chi connectivity index (χ1v) is 7.73. The van der Waals surface area contributed by atoms with Crippen molar-refractivity contribution in [1.29, 1.82) is 0 Å². The molecule has 0 amide bonds. The Bertz CT molecular complexity index is 474. The van der Waals surface area contributed by atoms with Crippen LogP contribution in [0.5, 0.6) is 5.88 Å². The van der Waals surface area contributed by atoms with Crippen molar-refractivity contribution in [3.05, 3.63) is 18.3 Å². The second-order valence-corrected chi connectivity index (χ2v) is 6.73. The highest BCUT2D eigenvalue weighted by Crippen LogP contribution is 2.36. The predicted molar refractivity (Wildman–Crippen MR) is 85.0 cm³/mol. The highest BCUT2D eigenvalue weighted by molar-refractivity contribution is 6.62. The van der Waals surface area contributed by atoms with Gasteiger partial charge in [-0.2, -0.15) is 0 Å². The van der Waals surface area contributed by atoms with Gasteiger partial charge in [-0.1, -0.05) is 13.3 Å². The summed E-state index contributed by atoms with van der Waals surface area (Å²) in [7, 11) is -0.373. The Kier molecular flexibility index (Phi) is 4.64. The Morgan fingerprint density at radius 1 is 1.24 bits per heavy atom. The molecule has 1 aliphatic rings. The van der Waals surface area contributed by atoms with Crippen LogP contribution in [0, 0.1) is 0 Å². The molecule has 116 valence electrons. The van der Waals surface area contributed by atoms with E-state index in [1.54, 1.807) is 6.20 Å². The third-order valence-corrected chi connectivity index (χ3v) is 4.30. The summed E-state index contributed by atoms with van der Waals surface area (Å²) in [5.41, 5.74) is 0.275. The van der Waals surface area contributed by atoms with Gasteiger partial charge in [0, 0.05) is 12.3 Å². The van der Waals surface area contributed by atoms with Gasteiger partial charge in [0.25, 0.3) is 0 Å². The average Bonchev–Trinajstić information content (AvgIpc) is 2.59. The summed E-state index contributed by atoms with van der Waals surface area (Å²) < 4.78 is 17.9. The second kappa shape index (κ2) is 5.97. The van der Waals surface area contributed by atoms with Crippen molar-refractivity contribution in [2.45, 2.75) is 71.7 Å². The lowest BCUT2D eigenvalue weighted by molar-refractivity contribution is 0.00578. The van der Waals surface area contributed by atoms with Crippen LogP contribution in [0.3, 0.4) is 0 Å². The van der Waals surface area contributed by atoms with Crippen molar-refractivity contribution >= 4 is 12.6 Å². The number of aromatic nitrogens is 1. The maximum atomic E-state index is 6.05. The van der Waals surface area contributed by atoms with Crippen molar-refractivity contribution in [3.63, 3.8) is 0 Å². The standard InChI is InChI=1S/C16H26BNO3/c1-7-8-12(2)19-14-11-13(9-10-18-14)17-20-15(3,4)16(5,6)21-17/h9-12H,7-8H2,1-6H3. The lowest BCUT2D eigenvalue weighted by Gasteiger charge is -2.32. The molecule has 5 heteroatoms. The minimum Gasteiger partial charge on any atom is -0.475 e. The molecule has 21 heavy (non-hydrogen) atoms. The van der Waals surface area contributed by atoms with Crippen LogP contribution in [-0.4, -0.2) is 29.4 Å². The second-order valence-electron chi connectivity index (χ2n) is 6.73. The smallest absolute Gasteiger partial charge is 0.475 e. The van der Waals surface area contributed by atoms with Crippen molar-refractivity contribution in [1.82, 2.24) is 4.98 Å². The molecule has 0 aliphatic carbocycles. The minimum atomic E-state index is -0.373. The third-order valence-electron chi connectivity index (χ3n) is 4.30. The number of hydrogen-bond donors (Lipinski definition) is 0. The molecule has 1 aliphatic heterocycles. The van der Waals surface area contributed by atoms with Crippen molar-refractivity contribution in [2.24, 2.45) is 0 Å². The molecular weight excluding hydrogens is 265 g/mol. The first-order valence-electron chi connectivity index (χ1n) is 7.73. The highest BCUT2D eigenvalue weighted by atomic mass is 16.7. The van der Waals surface area contributed by atoms with Crippen LogP contribution in [0.4, 0.5) is 0 Å². The average molecular weight is 291 g/mol. The summed E-state index contributed by atoms with van der Waals surface area (Å²) >= 11 is 0. The molecule has 1 aromatic rings. The zero-order valence-electron chi connectivity index (χ0n) is 14.0. The monoisotopic (exact) mass is 291 g/mol. The van der Waals surface area contributed by atoms with Crippen LogP contribution < -0.4 is 10.2 Å². The van der Waals surface area contributed by atoms with Gasteiger partial charge in [-0.15, -0.1) is 0 Å². The zero-order chi connectivity index (χ0) is 15.7. The molecular formula is C16H26BNO3. The van der Waals surface area contributed by atoms with Crippen molar-refractivity contribution < 1.29 is 14.0 Å². The van der Waals surface area contributed by atoms with Gasteiger partial charge in [-0.3, -0.25) is 0 Å². The Hall–Kier alpha value is -1.07. The number of nitrogens with zero attached hydrogens (tertiary/aromatic N) is 1. The van der Waals surface area contributed by atoms with Gasteiger partial charge in [0.05, 0.1) is 17.3 Å². The van der Waals surface area contributed by atoms with Gasteiger partial charge in [0.1, 0.15) is 0 Å². The fraction of sp³-hybridized carbons (Fsp3) is 0.688. The van der Waals surface area contributed by atoms with Crippen LogP contribution >= 0.6 is 0 Å². The first-order chi connectivity index (χ1) is 9.75. The number of pyridine rings is 1. The van der Waals surface area contributed by atoms with E-state index in [9.17, 15) is 0 Å². The molecule has 0 bridgehead atoms. The van der Waals surface area contributed by atoms with Gasteiger partial charge in [-0.05, 0) is 52.6 Å². The number of ether oxygens (including phenoxy) is 1. The van der Waals surface area contributed by atoms with E-state index in [1.807, 2.05) is 12.1 Å². The predicted octanol–water partition coefficient (Wildman–Crippen LogP) is 2.95. The van der Waals surface area contributed by atoms with Crippen LogP contribution in [0.15, 0.2) is 18.3 Å². The SMILES string of the molecule is CCCC(C)Oc1cc(B2OC(C)(C)C(C)(C)O2)ccn1. The Labute approximate surface area is 128 Å². The largest absolute Gasteiger partial charge is 0.495 e. The van der Waals surface area contributed by atoms with Crippen molar-refractivity contribution in [2.75, 3.05) is 0 Å². The summed E-state index contributed by atoms with van der Waals surface area (Å²) in [5.74, 6) is 0.628. The molecule has 1 atom stereocenters. The van der Waals surface area contributed by atoms with Crippen LogP contribution in [-0.2, 0) is 9.31 Å². The quantitative estimate of drug-likeness (QED) is 0.782. The van der Waals surface area contributed by atoms with Gasteiger partial charge >= 0.3 is 7.12 Å². The lowest BCUT2D eigenvalue weighted by atomic mass is 9.80. The van der Waals surface area contributed by atoms with E-state index in [4.69, 9.17) is 14.0 Å². The van der Waals surface area contributed by atoms with E-state index in [-0.39, 0.29) is 24.4 Å². The first kappa shape index (κ1) is 16.3. The molecule has 1 saturated heterocycles. The molecule has 2 heterocycles.